The highest BCUT2D eigenvalue weighted by Gasteiger charge is 2.40. The van der Waals surface area contributed by atoms with E-state index < -0.39 is 16.9 Å². The number of anilines is 1. The minimum Gasteiger partial charge on any atom is -0.480 e. The lowest BCUT2D eigenvalue weighted by molar-refractivity contribution is -0.384. The second-order valence-electron chi connectivity index (χ2n) is 4.85. The molecule has 0 spiro atoms. The molecule has 2 unspecified atom stereocenters. The molecule has 19 heavy (non-hydrogen) atoms. The van der Waals surface area contributed by atoms with E-state index in [1.54, 1.807) is 6.92 Å². The lowest BCUT2D eigenvalue weighted by atomic mass is 10.0. The zero-order chi connectivity index (χ0) is 14.2. The highest BCUT2D eigenvalue weighted by molar-refractivity contribution is 5.80. The van der Waals surface area contributed by atoms with Crippen molar-refractivity contribution < 1.29 is 14.8 Å². The van der Waals surface area contributed by atoms with Crippen molar-refractivity contribution in [2.45, 2.75) is 26.3 Å². The number of nitrogens with zero attached hydrogens (tertiary/aromatic N) is 3. The van der Waals surface area contributed by atoms with Crippen LogP contribution in [0.5, 0.6) is 0 Å². The first-order chi connectivity index (χ1) is 8.91. The lowest BCUT2D eigenvalue weighted by Crippen LogP contribution is -2.39. The number of carboxylic acid groups (broad SMARTS) is 1. The summed E-state index contributed by atoms with van der Waals surface area (Å²) in [5.74, 6) is -0.880. The van der Waals surface area contributed by atoms with Crippen molar-refractivity contribution in [3.8, 4) is 0 Å². The van der Waals surface area contributed by atoms with Crippen LogP contribution in [0.1, 0.15) is 18.9 Å². The van der Waals surface area contributed by atoms with Crippen LogP contribution < -0.4 is 4.90 Å². The van der Waals surface area contributed by atoms with Gasteiger partial charge < -0.3 is 10.0 Å². The van der Waals surface area contributed by atoms with Gasteiger partial charge in [-0.15, -0.1) is 0 Å². The Morgan fingerprint density at radius 3 is 2.89 bits per heavy atom. The SMILES string of the molecule is Cc1cnc(N2CCC(C)C2C(=O)O)c([N+](=O)[O-])c1. The van der Waals surface area contributed by atoms with Gasteiger partial charge in [-0.3, -0.25) is 10.1 Å². The van der Waals surface area contributed by atoms with Crippen LogP contribution in [0.25, 0.3) is 0 Å². The fourth-order valence-electron chi connectivity index (χ4n) is 2.46. The van der Waals surface area contributed by atoms with Gasteiger partial charge in [0.05, 0.1) is 4.92 Å². The summed E-state index contributed by atoms with van der Waals surface area (Å²) >= 11 is 0. The Morgan fingerprint density at radius 2 is 2.32 bits per heavy atom. The van der Waals surface area contributed by atoms with Gasteiger partial charge in [-0.2, -0.15) is 0 Å². The van der Waals surface area contributed by atoms with Crippen LogP contribution in [0.2, 0.25) is 0 Å². The molecule has 0 aromatic carbocycles. The molecule has 1 aliphatic rings. The van der Waals surface area contributed by atoms with Crippen molar-refractivity contribution in [3.63, 3.8) is 0 Å². The molecule has 1 saturated heterocycles. The van der Waals surface area contributed by atoms with Crippen LogP contribution in [0.3, 0.4) is 0 Å². The summed E-state index contributed by atoms with van der Waals surface area (Å²) in [6, 6.07) is 0.665. The molecular formula is C12H15N3O4. The molecule has 2 heterocycles. The first kappa shape index (κ1) is 13.3. The maximum absolute atomic E-state index is 11.3. The van der Waals surface area contributed by atoms with E-state index in [4.69, 9.17) is 0 Å². The van der Waals surface area contributed by atoms with E-state index in [-0.39, 0.29) is 17.4 Å². The smallest absolute Gasteiger partial charge is 0.326 e. The van der Waals surface area contributed by atoms with Crippen molar-refractivity contribution in [1.29, 1.82) is 0 Å². The molecule has 1 aromatic heterocycles. The van der Waals surface area contributed by atoms with Crippen molar-refractivity contribution in [3.05, 3.63) is 27.9 Å². The summed E-state index contributed by atoms with van der Waals surface area (Å²) in [6.07, 6.45) is 2.20. The highest BCUT2D eigenvalue weighted by atomic mass is 16.6. The van der Waals surface area contributed by atoms with Crippen molar-refractivity contribution in [2.24, 2.45) is 5.92 Å². The number of aryl methyl sites for hydroxylation is 1. The second kappa shape index (κ2) is 4.83. The quantitative estimate of drug-likeness (QED) is 0.658. The van der Waals surface area contributed by atoms with E-state index in [0.717, 1.165) is 0 Å². The van der Waals surface area contributed by atoms with Crippen LogP contribution in [-0.4, -0.2) is 33.6 Å². The third kappa shape index (κ3) is 2.35. The average Bonchev–Trinajstić information content (AvgIpc) is 2.70. The number of rotatable bonds is 3. The Kier molecular flexibility index (Phi) is 3.37. The van der Waals surface area contributed by atoms with Crippen LogP contribution in [0.15, 0.2) is 12.3 Å². The van der Waals surface area contributed by atoms with Crippen LogP contribution in [0, 0.1) is 23.0 Å². The predicted octanol–water partition coefficient (Wildman–Crippen LogP) is 1.60. The molecule has 7 heteroatoms. The maximum atomic E-state index is 11.3. The third-order valence-corrected chi connectivity index (χ3v) is 3.41. The number of aromatic nitrogens is 1. The number of hydrogen-bond donors (Lipinski definition) is 1. The number of carboxylic acids is 1. The van der Waals surface area contributed by atoms with Crippen LogP contribution >= 0.6 is 0 Å². The molecule has 0 bridgehead atoms. The minimum absolute atomic E-state index is 0.0554. The summed E-state index contributed by atoms with van der Waals surface area (Å²) in [4.78, 5) is 27.5. The molecule has 1 N–H and O–H groups in total. The van der Waals surface area contributed by atoms with Gasteiger partial charge in [0, 0.05) is 18.8 Å². The van der Waals surface area contributed by atoms with E-state index in [9.17, 15) is 20.0 Å². The minimum atomic E-state index is -0.971. The molecule has 0 radical (unpaired) electrons. The monoisotopic (exact) mass is 265 g/mol. The molecule has 7 nitrogen and oxygen atoms in total. The molecule has 1 aliphatic heterocycles. The number of carbonyl (C=O) groups is 1. The van der Waals surface area contributed by atoms with Gasteiger partial charge in [0.15, 0.2) is 0 Å². The Bertz CT molecular complexity index is 532. The largest absolute Gasteiger partial charge is 0.480 e. The Balaban J connectivity index is 2.47. The Labute approximate surface area is 110 Å². The third-order valence-electron chi connectivity index (χ3n) is 3.41. The van der Waals surface area contributed by atoms with E-state index >= 15 is 0 Å². The molecular weight excluding hydrogens is 250 g/mol. The van der Waals surface area contributed by atoms with Gasteiger partial charge in [-0.1, -0.05) is 6.92 Å². The first-order valence-corrected chi connectivity index (χ1v) is 6.02. The number of pyridine rings is 1. The van der Waals surface area contributed by atoms with E-state index in [0.29, 0.717) is 18.5 Å². The Morgan fingerprint density at radius 1 is 1.63 bits per heavy atom. The zero-order valence-electron chi connectivity index (χ0n) is 10.7. The van der Waals surface area contributed by atoms with Crippen LogP contribution in [0.4, 0.5) is 11.5 Å². The normalized spacial score (nSPS) is 22.5. The zero-order valence-corrected chi connectivity index (χ0v) is 10.7. The molecule has 1 aromatic rings. The molecule has 2 rings (SSSR count). The summed E-state index contributed by atoms with van der Waals surface area (Å²) in [5, 5.41) is 20.3. The summed E-state index contributed by atoms with van der Waals surface area (Å²) in [5.41, 5.74) is 0.537. The second-order valence-corrected chi connectivity index (χ2v) is 4.85. The van der Waals surface area contributed by atoms with Gasteiger partial charge >= 0.3 is 11.7 Å². The van der Waals surface area contributed by atoms with Crippen molar-refractivity contribution in [1.82, 2.24) is 4.98 Å². The fraction of sp³-hybridized carbons (Fsp3) is 0.500. The molecule has 1 fully saturated rings. The fourth-order valence-corrected chi connectivity index (χ4v) is 2.46. The molecule has 0 aliphatic carbocycles. The molecule has 102 valence electrons. The Hall–Kier alpha value is -2.18. The van der Waals surface area contributed by atoms with Crippen molar-refractivity contribution in [2.75, 3.05) is 11.4 Å². The molecule has 0 amide bonds. The molecule has 0 saturated carbocycles. The van der Waals surface area contributed by atoms with E-state index in [1.807, 2.05) is 6.92 Å². The average molecular weight is 265 g/mol. The maximum Gasteiger partial charge on any atom is 0.326 e. The number of hydrogen-bond acceptors (Lipinski definition) is 5. The summed E-state index contributed by atoms with van der Waals surface area (Å²) < 4.78 is 0. The first-order valence-electron chi connectivity index (χ1n) is 6.02. The molecule has 2 atom stereocenters. The van der Waals surface area contributed by atoms with Gasteiger partial charge in [0.2, 0.25) is 5.82 Å². The summed E-state index contributed by atoms with van der Waals surface area (Å²) in [7, 11) is 0. The highest BCUT2D eigenvalue weighted by Crippen LogP contribution is 2.34. The van der Waals surface area contributed by atoms with Gasteiger partial charge in [0.1, 0.15) is 6.04 Å². The van der Waals surface area contributed by atoms with E-state index in [2.05, 4.69) is 4.98 Å². The van der Waals surface area contributed by atoms with Crippen molar-refractivity contribution >= 4 is 17.5 Å². The summed E-state index contributed by atoms with van der Waals surface area (Å²) in [6.45, 7) is 4.01. The number of nitro groups is 1. The standard InChI is InChI=1S/C12H15N3O4/c1-7-5-9(15(18)19)11(13-6-7)14-4-3-8(2)10(14)12(16)17/h5-6,8,10H,3-4H2,1-2H3,(H,16,17). The van der Waals surface area contributed by atoms with Gasteiger partial charge in [-0.05, 0) is 24.8 Å². The topological polar surface area (TPSA) is 96.6 Å². The van der Waals surface area contributed by atoms with Gasteiger partial charge in [-0.25, -0.2) is 9.78 Å². The van der Waals surface area contributed by atoms with Gasteiger partial charge in [0.25, 0.3) is 0 Å². The van der Waals surface area contributed by atoms with E-state index in [1.165, 1.54) is 17.2 Å². The number of aliphatic carboxylic acids is 1. The predicted molar refractivity (Wildman–Crippen MR) is 68.2 cm³/mol. The lowest BCUT2D eigenvalue weighted by Gasteiger charge is -2.24. The van der Waals surface area contributed by atoms with Crippen LogP contribution in [-0.2, 0) is 4.79 Å².